The number of nitrogens with two attached hydrogens (primary N) is 1. The Hall–Kier alpha value is -2.53. The standard InChI is InChI=1S/C21H28N4O/c1-16-8-9-19(21(22)26)20(14-16)23-17(2)15-24-10-12-25(13-11-24)18-6-4-3-5-7-18/h3-9,14,17,23H,10-13,15H2,1-2H3,(H2,22,26). The number of piperazine rings is 1. The second-order valence-electron chi connectivity index (χ2n) is 7.08. The lowest BCUT2D eigenvalue weighted by Crippen LogP contribution is -2.49. The molecule has 138 valence electrons. The van der Waals surface area contributed by atoms with Crippen molar-refractivity contribution in [2.45, 2.75) is 19.9 Å². The van der Waals surface area contributed by atoms with Gasteiger partial charge in [0.15, 0.2) is 0 Å². The fourth-order valence-corrected chi connectivity index (χ4v) is 3.52. The minimum absolute atomic E-state index is 0.234. The van der Waals surface area contributed by atoms with Gasteiger partial charge in [-0.05, 0) is 43.7 Å². The summed E-state index contributed by atoms with van der Waals surface area (Å²) in [5, 5.41) is 3.47. The van der Waals surface area contributed by atoms with Gasteiger partial charge in [0.2, 0.25) is 0 Å². The van der Waals surface area contributed by atoms with Gasteiger partial charge in [-0.25, -0.2) is 0 Å². The van der Waals surface area contributed by atoms with E-state index in [4.69, 9.17) is 5.73 Å². The average molecular weight is 352 g/mol. The summed E-state index contributed by atoms with van der Waals surface area (Å²) in [7, 11) is 0. The lowest BCUT2D eigenvalue weighted by atomic mass is 10.1. The molecule has 2 aromatic rings. The largest absolute Gasteiger partial charge is 0.381 e. The van der Waals surface area contributed by atoms with Gasteiger partial charge in [-0.1, -0.05) is 24.3 Å². The van der Waals surface area contributed by atoms with Crippen LogP contribution >= 0.6 is 0 Å². The zero-order chi connectivity index (χ0) is 18.5. The number of aryl methyl sites for hydroxylation is 1. The molecule has 1 saturated heterocycles. The highest BCUT2D eigenvalue weighted by molar-refractivity contribution is 5.98. The van der Waals surface area contributed by atoms with Crippen LogP contribution in [0.2, 0.25) is 0 Å². The molecule has 2 aromatic carbocycles. The maximum atomic E-state index is 11.6. The number of carbonyl (C=O) groups is 1. The molecule has 1 heterocycles. The van der Waals surface area contributed by atoms with Crippen LogP contribution in [0.4, 0.5) is 11.4 Å². The summed E-state index contributed by atoms with van der Waals surface area (Å²) in [6.45, 7) is 9.26. The summed E-state index contributed by atoms with van der Waals surface area (Å²) < 4.78 is 0. The summed E-state index contributed by atoms with van der Waals surface area (Å²) in [5.74, 6) is -0.392. The Morgan fingerprint density at radius 1 is 1.12 bits per heavy atom. The van der Waals surface area contributed by atoms with Crippen LogP contribution in [0.25, 0.3) is 0 Å². The summed E-state index contributed by atoms with van der Waals surface area (Å²) in [6, 6.07) is 16.5. The van der Waals surface area contributed by atoms with E-state index in [-0.39, 0.29) is 6.04 Å². The Bertz CT molecular complexity index is 739. The van der Waals surface area contributed by atoms with E-state index in [0.717, 1.165) is 44.0 Å². The first-order valence-electron chi connectivity index (χ1n) is 9.22. The summed E-state index contributed by atoms with van der Waals surface area (Å²) in [6.07, 6.45) is 0. The number of nitrogens with one attached hydrogen (secondary N) is 1. The molecule has 0 bridgehead atoms. The van der Waals surface area contributed by atoms with Gasteiger partial charge in [-0.15, -0.1) is 0 Å². The van der Waals surface area contributed by atoms with E-state index in [2.05, 4.69) is 52.4 Å². The van der Waals surface area contributed by atoms with Crippen molar-refractivity contribution in [1.29, 1.82) is 0 Å². The molecule has 0 aromatic heterocycles. The Morgan fingerprint density at radius 3 is 2.46 bits per heavy atom. The number of anilines is 2. The summed E-state index contributed by atoms with van der Waals surface area (Å²) in [5.41, 5.74) is 9.29. The van der Waals surface area contributed by atoms with Gasteiger partial charge in [0.1, 0.15) is 0 Å². The lowest BCUT2D eigenvalue weighted by Gasteiger charge is -2.37. The molecule has 5 nitrogen and oxygen atoms in total. The van der Waals surface area contributed by atoms with Gasteiger partial charge in [-0.2, -0.15) is 0 Å². The molecule has 1 aliphatic rings. The van der Waals surface area contributed by atoms with E-state index < -0.39 is 5.91 Å². The molecule has 0 spiro atoms. The maximum absolute atomic E-state index is 11.6. The van der Waals surface area contributed by atoms with E-state index >= 15 is 0 Å². The van der Waals surface area contributed by atoms with Crippen LogP contribution in [-0.4, -0.2) is 49.6 Å². The van der Waals surface area contributed by atoms with E-state index in [0.29, 0.717) is 5.56 Å². The molecule has 0 aliphatic carbocycles. The molecular weight excluding hydrogens is 324 g/mol. The second-order valence-corrected chi connectivity index (χ2v) is 7.08. The lowest BCUT2D eigenvalue weighted by molar-refractivity contribution is 0.100. The molecule has 26 heavy (non-hydrogen) atoms. The molecule has 0 radical (unpaired) electrons. The van der Waals surface area contributed by atoms with Crippen LogP contribution in [0, 0.1) is 6.92 Å². The smallest absolute Gasteiger partial charge is 0.250 e. The fraction of sp³-hybridized carbons (Fsp3) is 0.381. The molecule has 1 fully saturated rings. The third-order valence-corrected chi connectivity index (χ3v) is 4.87. The van der Waals surface area contributed by atoms with Gasteiger partial charge in [0, 0.05) is 50.1 Å². The van der Waals surface area contributed by atoms with Gasteiger partial charge in [-0.3, -0.25) is 9.69 Å². The molecule has 0 saturated carbocycles. The number of hydrogen-bond donors (Lipinski definition) is 2. The minimum Gasteiger partial charge on any atom is -0.381 e. The van der Waals surface area contributed by atoms with E-state index in [1.807, 2.05) is 19.1 Å². The molecular formula is C21H28N4O. The van der Waals surface area contributed by atoms with Crippen molar-refractivity contribution in [2.24, 2.45) is 5.73 Å². The summed E-state index contributed by atoms with van der Waals surface area (Å²) >= 11 is 0. The van der Waals surface area contributed by atoms with E-state index in [9.17, 15) is 4.79 Å². The van der Waals surface area contributed by atoms with E-state index in [1.54, 1.807) is 6.07 Å². The van der Waals surface area contributed by atoms with Gasteiger partial charge < -0.3 is 16.0 Å². The molecule has 1 amide bonds. The fourth-order valence-electron chi connectivity index (χ4n) is 3.52. The molecule has 1 atom stereocenters. The zero-order valence-corrected chi connectivity index (χ0v) is 15.6. The predicted octanol–water partition coefficient (Wildman–Crippen LogP) is 2.72. The van der Waals surface area contributed by atoms with Gasteiger partial charge >= 0.3 is 0 Å². The van der Waals surface area contributed by atoms with Crippen LogP contribution in [0.5, 0.6) is 0 Å². The minimum atomic E-state index is -0.392. The SMILES string of the molecule is Cc1ccc(C(N)=O)c(NC(C)CN2CCN(c3ccccc3)CC2)c1. The number of benzene rings is 2. The molecule has 1 aliphatic heterocycles. The number of carbonyl (C=O) groups excluding carboxylic acids is 1. The van der Waals surface area contributed by atoms with E-state index in [1.165, 1.54) is 5.69 Å². The van der Waals surface area contributed by atoms with Crippen LogP contribution in [0.1, 0.15) is 22.8 Å². The van der Waals surface area contributed by atoms with Crippen molar-refractivity contribution in [1.82, 2.24) is 4.90 Å². The Kier molecular flexibility index (Phi) is 5.78. The van der Waals surface area contributed by atoms with Crippen molar-refractivity contribution in [3.05, 3.63) is 59.7 Å². The number of primary amides is 1. The van der Waals surface area contributed by atoms with Crippen LogP contribution in [-0.2, 0) is 0 Å². The highest BCUT2D eigenvalue weighted by atomic mass is 16.1. The van der Waals surface area contributed by atoms with Crippen LogP contribution in [0.15, 0.2) is 48.5 Å². The topological polar surface area (TPSA) is 61.6 Å². The average Bonchev–Trinajstić information content (AvgIpc) is 2.63. The zero-order valence-electron chi connectivity index (χ0n) is 15.6. The van der Waals surface area contributed by atoms with Crippen molar-refractivity contribution in [3.63, 3.8) is 0 Å². The van der Waals surface area contributed by atoms with Crippen LogP contribution < -0.4 is 16.0 Å². The normalized spacial score (nSPS) is 16.3. The first-order valence-corrected chi connectivity index (χ1v) is 9.22. The first-order chi connectivity index (χ1) is 12.5. The number of para-hydroxylation sites is 1. The van der Waals surface area contributed by atoms with Gasteiger partial charge in [0.05, 0.1) is 5.56 Å². The first kappa shape index (κ1) is 18.3. The number of rotatable bonds is 6. The Balaban J connectivity index is 1.54. The third kappa shape index (κ3) is 4.55. The van der Waals surface area contributed by atoms with Crippen molar-refractivity contribution < 1.29 is 4.79 Å². The second kappa shape index (κ2) is 8.23. The maximum Gasteiger partial charge on any atom is 0.250 e. The monoisotopic (exact) mass is 352 g/mol. The summed E-state index contributed by atoms with van der Waals surface area (Å²) in [4.78, 5) is 16.5. The highest BCUT2D eigenvalue weighted by Gasteiger charge is 2.19. The molecule has 1 unspecified atom stereocenters. The molecule has 5 heteroatoms. The van der Waals surface area contributed by atoms with Gasteiger partial charge in [0.25, 0.3) is 5.91 Å². The number of hydrogen-bond acceptors (Lipinski definition) is 4. The third-order valence-electron chi connectivity index (χ3n) is 4.87. The predicted molar refractivity (Wildman–Crippen MR) is 108 cm³/mol. The molecule has 3 N–H and O–H groups in total. The highest BCUT2D eigenvalue weighted by Crippen LogP contribution is 2.19. The number of amides is 1. The van der Waals surface area contributed by atoms with Crippen molar-refractivity contribution >= 4 is 17.3 Å². The van der Waals surface area contributed by atoms with Crippen molar-refractivity contribution in [3.8, 4) is 0 Å². The number of nitrogens with zero attached hydrogens (tertiary/aromatic N) is 2. The van der Waals surface area contributed by atoms with Crippen molar-refractivity contribution in [2.75, 3.05) is 42.9 Å². The molecule has 3 rings (SSSR count). The van der Waals surface area contributed by atoms with Crippen LogP contribution in [0.3, 0.4) is 0 Å². The Labute approximate surface area is 155 Å². The quantitative estimate of drug-likeness (QED) is 0.839. The Morgan fingerprint density at radius 2 is 1.81 bits per heavy atom.